The van der Waals surface area contributed by atoms with Crippen LogP contribution in [-0.2, 0) is 5.41 Å². The molecule has 1 aromatic carbocycles. The smallest absolute Gasteiger partial charge is 0.149 e. The van der Waals surface area contributed by atoms with E-state index >= 15 is 0 Å². The van der Waals surface area contributed by atoms with Crippen molar-refractivity contribution in [2.75, 3.05) is 0 Å². The van der Waals surface area contributed by atoms with Crippen molar-refractivity contribution in [1.29, 1.82) is 0 Å². The average molecular weight is 265 g/mol. The highest BCUT2D eigenvalue weighted by Gasteiger charge is 2.46. The second-order valence-electron chi connectivity index (χ2n) is 6.92. The van der Waals surface area contributed by atoms with Crippen molar-refractivity contribution in [2.24, 2.45) is 0 Å². The van der Waals surface area contributed by atoms with Crippen molar-refractivity contribution in [3.63, 3.8) is 0 Å². The molecule has 1 fully saturated rings. The molecule has 2 heteroatoms. The minimum absolute atomic E-state index is 0.0819. The normalized spacial score (nSPS) is 22.9. The molecule has 1 aliphatic heterocycles. The first-order valence-corrected chi connectivity index (χ1v) is 7.32. The molecule has 1 aliphatic carbocycles. The van der Waals surface area contributed by atoms with Gasteiger partial charge in [0.1, 0.15) is 11.5 Å². The number of fused-ring (bicyclic) bond motifs is 5. The van der Waals surface area contributed by atoms with Crippen molar-refractivity contribution in [3.05, 3.63) is 53.3 Å². The fourth-order valence-electron chi connectivity index (χ4n) is 3.07. The molecule has 2 aromatic rings. The van der Waals surface area contributed by atoms with E-state index in [-0.39, 0.29) is 5.41 Å². The van der Waals surface area contributed by atoms with Crippen molar-refractivity contribution in [2.45, 2.75) is 44.4 Å². The number of hydrogen-bond donors (Lipinski definition) is 0. The lowest BCUT2D eigenvalue weighted by atomic mass is 9.91. The highest BCUT2D eigenvalue weighted by atomic mass is 16.5. The molecule has 2 aliphatic rings. The van der Waals surface area contributed by atoms with E-state index in [9.17, 15) is 0 Å². The van der Waals surface area contributed by atoms with Crippen LogP contribution in [0, 0.1) is 0 Å². The maximum atomic E-state index is 6.11. The summed E-state index contributed by atoms with van der Waals surface area (Å²) in [6.07, 6.45) is 1.20. The molecule has 1 aromatic heterocycles. The molecule has 0 spiro atoms. The Bertz CT molecular complexity index is 684. The molecule has 0 bridgehead atoms. The molecule has 0 saturated heterocycles. The number of ether oxygens (including phenoxy) is 1. The summed E-state index contributed by atoms with van der Waals surface area (Å²) in [6.45, 7) is 6.62. The number of pyridine rings is 1. The zero-order valence-electron chi connectivity index (χ0n) is 12.2. The van der Waals surface area contributed by atoms with Gasteiger partial charge in [-0.3, -0.25) is 4.98 Å². The number of aromatic nitrogens is 1. The van der Waals surface area contributed by atoms with Gasteiger partial charge in [-0.15, -0.1) is 0 Å². The van der Waals surface area contributed by atoms with Crippen LogP contribution in [0.3, 0.4) is 0 Å². The van der Waals surface area contributed by atoms with Gasteiger partial charge in [-0.25, -0.2) is 0 Å². The van der Waals surface area contributed by atoms with E-state index in [0.29, 0.717) is 11.8 Å². The molecule has 1 saturated carbocycles. The molecule has 2 atom stereocenters. The summed E-state index contributed by atoms with van der Waals surface area (Å²) in [6, 6.07) is 12.6. The molecule has 2 nitrogen and oxygen atoms in total. The number of rotatable bonds is 0. The van der Waals surface area contributed by atoms with Gasteiger partial charge in [-0.2, -0.15) is 0 Å². The highest BCUT2D eigenvalue weighted by Crippen LogP contribution is 2.60. The fourth-order valence-corrected chi connectivity index (χ4v) is 3.07. The van der Waals surface area contributed by atoms with Crippen LogP contribution < -0.4 is 4.74 Å². The average Bonchev–Trinajstić information content (AvgIpc) is 3.18. The summed E-state index contributed by atoms with van der Waals surface area (Å²) in [5.41, 5.74) is 3.72. The van der Waals surface area contributed by atoms with Crippen molar-refractivity contribution < 1.29 is 4.74 Å². The largest absolute Gasteiger partial charge is 0.455 e. The quantitative estimate of drug-likeness (QED) is 0.685. The van der Waals surface area contributed by atoms with E-state index in [1.807, 2.05) is 6.07 Å². The second-order valence-corrected chi connectivity index (χ2v) is 6.92. The Labute approximate surface area is 119 Å². The predicted octanol–water partition coefficient (Wildman–Crippen LogP) is 4.76. The number of para-hydroxylation sites is 1. The molecule has 0 amide bonds. The first kappa shape index (κ1) is 12.0. The summed E-state index contributed by atoms with van der Waals surface area (Å²) >= 11 is 0. The number of hydrogen-bond acceptors (Lipinski definition) is 2. The van der Waals surface area contributed by atoms with Crippen molar-refractivity contribution >= 4 is 0 Å². The molecule has 4 rings (SSSR count). The molecule has 0 radical (unpaired) electrons. The summed E-state index contributed by atoms with van der Waals surface area (Å²) < 4.78 is 6.11. The van der Waals surface area contributed by atoms with Gasteiger partial charge in [0.2, 0.25) is 0 Å². The first-order valence-electron chi connectivity index (χ1n) is 7.32. The van der Waals surface area contributed by atoms with Crippen LogP contribution in [-0.4, -0.2) is 4.98 Å². The van der Waals surface area contributed by atoms with E-state index < -0.39 is 0 Å². The Kier molecular flexibility index (Phi) is 2.30. The van der Waals surface area contributed by atoms with E-state index in [2.05, 4.69) is 51.1 Å². The van der Waals surface area contributed by atoms with E-state index in [1.165, 1.54) is 12.0 Å². The molecule has 2 unspecified atom stereocenters. The van der Waals surface area contributed by atoms with Gasteiger partial charge in [0.05, 0.1) is 5.69 Å². The van der Waals surface area contributed by atoms with Crippen LogP contribution in [0.4, 0.5) is 0 Å². The summed E-state index contributed by atoms with van der Waals surface area (Å²) in [5.74, 6) is 3.07. The third kappa shape index (κ3) is 1.75. The van der Waals surface area contributed by atoms with E-state index in [0.717, 1.165) is 22.9 Å². The Morgan fingerprint density at radius 1 is 1.00 bits per heavy atom. The molecular weight excluding hydrogens is 246 g/mol. The summed E-state index contributed by atoms with van der Waals surface area (Å²) in [4.78, 5) is 4.93. The Hall–Kier alpha value is -1.83. The number of nitrogens with zero attached hydrogens (tertiary/aromatic N) is 1. The maximum Gasteiger partial charge on any atom is 0.149 e. The van der Waals surface area contributed by atoms with Gasteiger partial charge >= 0.3 is 0 Å². The minimum Gasteiger partial charge on any atom is -0.455 e. The third-order valence-electron chi connectivity index (χ3n) is 4.33. The van der Waals surface area contributed by atoms with Crippen LogP contribution in [0.1, 0.15) is 56.0 Å². The second kappa shape index (κ2) is 3.85. The lowest BCUT2D eigenvalue weighted by Crippen LogP contribution is -2.14. The monoisotopic (exact) mass is 265 g/mol. The maximum absolute atomic E-state index is 6.11. The van der Waals surface area contributed by atoms with Gasteiger partial charge in [0.15, 0.2) is 0 Å². The van der Waals surface area contributed by atoms with E-state index in [1.54, 1.807) is 0 Å². The van der Waals surface area contributed by atoms with Gasteiger partial charge < -0.3 is 4.74 Å². The van der Waals surface area contributed by atoms with Gasteiger partial charge in [-0.1, -0.05) is 39.0 Å². The molecular formula is C18H19NO. The Morgan fingerprint density at radius 3 is 2.60 bits per heavy atom. The standard InChI is InChI=1S/C18H19NO/c1-18(2,3)16-9-8-15-17(19-16)13-10-12(13)11-6-4-5-7-14(11)20-15/h4-9,12-13H,10H2,1-3H3. The van der Waals surface area contributed by atoms with Crippen LogP contribution in [0.5, 0.6) is 11.5 Å². The fraction of sp³-hybridized carbons (Fsp3) is 0.389. The van der Waals surface area contributed by atoms with Gasteiger partial charge in [-0.05, 0) is 36.1 Å². The van der Waals surface area contributed by atoms with Gasteiger partial charge in [0, 0.05) is 17.0 Å². The van der Waals surface area contributed by atoms with E-state index in [4.69, 9.17) is 9.72 Å². The lowest BCUT2D eigenvalue weighted by Gasteiger charge is -2.19. The summed E-state index contributed by atoms with van der Waals surface area (Å²) in [5, 5.41) is 0. The third-order valence-corrected chi connectivity index (χ3v) is 4.33. The van der Waals surface area contributed by atoms with Crippen molar-refractivity contribution in [1.82, 2.24) is 4.98 Å². The van der Waals surface area contributed by atoms with Crippen LogP contribution in [0.25, 0.3) is 0 Å². The topological polar surface area (TPSA) is 22.1 Å². The zero-order valence-corrected chi connectivity index (χ0v) is 12.2. The van der Waals surface area contributed by atoms with Crippen LogP contribution in [0.2, 0.25) is 0 Å². The minimum atomic E-state index is 0.0819. The first-order chi connectivity index (χ1) is 9.54. The lowest BCUT2D eigenvalue weighted by molar-refractivity contribution is 0.469. The summed E-state index contributed by atoms with van der Waals surface area (Å²) in [7, 11) is 0. The van der Waals surface area contributed by atoms with Gasteiger partial charge in [0.25, 0.3) is 0 Å². The Morgan fingerprint density at radius 2 is 1.80 bits per heavy atom. The molecule has 20 heavy (non-hydrogen) atoms. The molecule has 2 heterocycles. The van der Waals surface area contributed by atoms with Crippen LogP contribution >= 0.6 is 0 Å². The zero-order chi connectivity index (χ0) is 13.9. The molecule has 0 N–H and O–H groups in total. The number of benzene rings is 1. The molecule has 102 valence electrons. The van der Waals surface area contributed by atoms with Crippen molar-refractivity contribution in [3.8, 4) is 11.5 Å². The van der Waals surface area contributed by atoms with Crippen LogP contribution in [0.15, 0.2) is 36.4 Å². The highest BCUT2D eigenvalue weighted by molar-refractivity contribution is 5.51. The SMILES string of the molecule is CC(C)(C)c1ccc2c(n1)C1CC1c1ccccc1O2. The predicted molar refractivity (Wildman–Crippen MR) is 79.6 cm³/mol. The Balaban J connectivity index is 1.84.